The van der Waals surface area contributed by atoms with Gasteiger partial charge in [-0.3, -0.25) is 48.1 Å². The smallest absolute Gasteiger partial charge is 0.404 e. The van der Waals surface area contributed by atoms with Crippen LogP contribution in [0.15, 0.2) is 24.3 Å². The maximum atomic E-state index is 14.5. The second kappa shape index (κ2) is 30.6. The maximum Gasteiger partial charge on any atom is 0.524 e. The molecule has 0 radical (unpaired) electrons. The second-order valence-electron chi connectivity index (χ2n) is 21.3. The largest absolute Gasteiger partial charge is 0.524 e. The molecule has 0 bridgehead atoms. The van der Waals surface area contributed by atoms with E-state index in [9.17, 15) is 98.7 Å². The number of unbranched alkanes of at least 4 members (excludes halogenated alkanes) is 5. The Labute approximate surface area is 462 Å². The van der Waals surface area contributed by atoms with Crippen LogP contribution in [-0.2, 0) is 42.9 Å². The van der Waals surface area contributed by atoms with Crippen LogP contribution in [0.1, 0.15) is 123 Å². The van der Waals surface area contributed by atoms with Gasteiger partial charge in [0.1, 0.15) is 66.4 Å². The molecule has 1 aromatic carbocycles. The summed E-state index contributed by atoms with van der Waals surface area (Å²) in [6.07, 6.45) is -13.8. The lowest BCUT2D eigenvalue weighted by Gasteiger charge is -2.34. The summed E-state index contributed by atoms with van der Waals surface area (Å²) in [6, 6.07) is -9.01. The van der Waals surface area contributed by atoms with Crippen molar-refractivity contribution in [1.82, 2.24) is 36.4 Å². The van der Waals surface area contributed by atoms with Crippen molar-refractivity contribution in [3.05, 3.63) is 29.8 Å². The SMILES string of the molecule is CCC(C)CC(C)CCCCCCCCC(=O)NC1CC(O)C(O)NC(=O)C2C(O)C(O)CN2C(=O)C(C(O)CC(N)=O)NC(=O)C(C(O)C(O)c2ccc(OP(=O)(O)O)cc2)NC(=O)C2CC(O)CN2C(=O)C(C(C)O)NC1=O. The number of hydrogen-bond donors (Lipinski definition) is 17. The van der Waals surface area contributed by atoms with E-state index >= 15 is 0 Å². The number of hydrogen-bond acceptors (Lipinski definition) is 19. The summed E-state index contributed by atoms with van der Waals surface area (Å²) in [4.78, 5) is 131. The van der Waals surface area contributed by atoms with Crippen LogP contribution >= 0.6 is 7.82 Å². The quantitative estimate of drug-likeness (QED) is 0.0384. The first kappa shape index (κ1) is 67.1. The Bertz CT molecular complexity index is 2330. The van der Waals surface area contributed by atoms with Gasteiger partial charge in [-0.15, -0.1) is 0 Å². The average Bonchev–Trinajstić information content (AvgIpc) is 3.94. The van der Waals surface area contributed by atoms with Crippen molar-refractivity contribution >= 4 is 55.1 Å². The number of benzene rings is 1. The molecule has 17 atom stereocenters. The van der Waals surface area contributed by atoms with Crippen LogP contribution in [0.25, 0.3) is 0 Å². The number of aliphatic hydroxyl groups is 9. The fraction of sp³-hybridized carbons (Fsp3) is 0.720. The molecule has 452 valence electrons. The Morgan fingerprint density at radius 3 is 1.91 bits per heavy atom. The third-order valence-electron chi connectivity index (χ3n) is 14.6. The Morgan fingerprint density at radius 1 is 0.725 bits per heavy atom. The Hall–Kier alpha value is -5.43. The van der Waals surface area contributed by atoms with Crippen LogP contribution in [-0.4, -0.2) is 211 Å². The van der Waals surface area contributed by atoms with Crippen molar-refractivity contribution in [2.75, 3.05) is 13.1 Å². The summed E-state index contributed by atoms with van der Waals surface area (Å²) in [7, 11) is -5.09. The third-order valence-corrected chi connectivity index (χ3v) is 15.0. The van der Waals surface area contributed by atoms with Gasteiger partial charge in [-0.25, -0.2) is 4.57 Å². The minimum absolute atomic E-state index is 0.127. The van der Waals surface area contributed by atoms with Crippen LogP contribution in [0, 0.1) is 11.8 Å². The number of nitrogens with zero attached hydrogens (tertiary/aromatic N) is 2. The molecule has 80 heavy (non-hydrogen) atoms. The molecule has 0 saturated carbocycles. The molecule has 29 nitrogen and oxygen atoms in total. The predicted octanol–water partition coefficient (Wildman–Crippen LogP) is -4.60. The summed E-state index contributed by atoms with van der Waals surface area (Å²) in [5, 5.41) is 111. The molecular weight excluding hydrogens is 1080 g/mol. The molecule has 3 aliphatic heterocycles. The zero-order valence-corrected chi connectivity index (χ0v) is 46.0. The maximum absolute atomic E-state index is 14.5. The molecule has 18 N–H and O–H groups in total. The van der Waals surface area contributed by atoms with E-state index in [1.165, 1.54) is 0 Å². The summed E-state index contributed by atoms with van der Waals surface area (Å²) < 4.78 is 15.9. The fourth-order valence-electron chi connectivity index (χ4n) is 9.99. The topological polar surface area (TPSA) is 478 Å². The van der Waals surface area contributed by atoms with Gasteiger partial charge in [0.25, 0.3) is 0 Å². The van der Waals surface area contributed by atoms with Gasteiger partial charge in [0.2, 0.25) is 47.3 Å². The minimum atomic E-state index is -5.09. The molecule has 30 heteroatoms. The molecule has 17 unspecified atom stereocenters. The zero-order valence-electron chi connectivity index (χ0n) is 45.2. The van der Waals surface area contributed by atoms with Gasteiger partial charge in [-0.1, -0.05) is 77.8 Å². The van der Waals surface area contributed by atoms with Crippen LogP contribution in [0.4, 0.5) is 0 Å². The van der Waals surface area contributed by atoms with Gasteiger partial charge in [0.15, 0.2) is 6.23 Å². The van der Waals surface area contributed by atoms with E-state index in [0.29, 0.717) is 34.5 Å². The highest BCUT2D eigenvalue weighted by molar-refractivity contribution is 7.46. The predicted molar refractivity (Wildman–Crippen MR) is 278 cm³/mol. The molecule has 3 fully saturated rings. The van der Waals surface area contributed by atoms with Gasteiger partial charge < -0.3 is 92.6 Å². The van der Waals surface area contributed by atoms with E-state index in [1.54, 1.807) is 0 Å². The van der Waals surface area contributed by atoms with Crippen molar-refractivity contribution in [2.24, 2.45) is 17.6 Å². The lowest BCUT2D eigenvalue weighted by atomic mass is 9.91. The number of rotatable bonds is 22. The highest BCUT2D eigenvalue weighted by Crippen LogP contribution is 2.38. The van der Waals surface area contributed by atoms with Gasteiger partial charge in [-0.05, 0) is 49.3 Å². The summed E-state index contributed by atoms with van der Waals surface area (Å²) in [5.41, 5.74) is 5.00. The van der Waals surface area contributed by atoms with Crippen LogP contribution in [0.5, 0.6) is 5.75 Å². The molecule has 0 spiro atoms. The van der Waals surface area contributed by atoms with Gasteiger partial charge >= 0.3 is 7.82 Å². The molecule has 3 heterocycles. The van der Waals surface area contributed by atoms with Crippen molar-refractivity contribution in [1.29, 1.82) is 0 Å². The summed E-state index contributed by atoms with van der Waals surface area (Å²) >= 11 is 0. The van der Waals surface area contributed by atoms with E-state index in [2.05, 4.69) is 41.2 Å². The number of amides is 8. The van der Waals surface area contributed by atoms with E-state index < -0.39 is 184 Å². The number of phosphoric acid groups is 1. The molecule has 0 aromatic heterocycles. The number of carbonyl (C=O) groups excluding carboxylic acids is 8. The third kappa shape index (κ3) is 19.4. The first-order chi connectivity index (χ1) is 37.4. The molecule has 4 rings (SSSR count). The summed E-state index contributed by atoms with van der Waals surface area (Å²) in [6.45, 7) is 6.10. The number of carbonyl (C=O) groups is 8. The number of nitrogens with two attached hydrogens (primary N) is 1. The Balaban J connectivity index is 1.73. The van der Waals surface area contributed by atoms with Crippen LogP contribution in [0.3, 0.4) is 0 Å². The first-order valence-electron chi connectivity index (χ1n) is 26.8. The average molecular weight is 1160 g/mol. The Kier molecular flexibility index (Phi) is 25.6. The van der Waals surface area contributed by atoms with E-state index in [4.69, 9.17) is 5.73 Å². The van der Waals surface area contributed by atoms with Crippen molar-refractivity contribution in [3.63, 3.8) is 0 Å². The van der Waals surface area contributed by atoms with Gasteiger partial charge in [0, 0.05) is 25.8 Å². The van der Waals surface area contributed by atoms with E-state index in [1.807, 2.05) is 10.6 Å². The van der Waals surface area contributed by atoms with Crippen molar-refractivity contribution < 1.29 is 103 Å². The molecule has 0 aliphatic carbocycles. The normalized spacial score (nSPS) is 29.1. The number of fused-ring (bicyclic) bond motifs is 2. The number of nitrogens with one attached hydrogen (secondary N) is 5. The fourth-order valence-corrected chi connectivity index (χ4v) is 10.4. The standard InChI is InChI=1S/C50H81N8O21P/c1-5-24(2)18-25(3)12-10-8-6-7-9-11-13-36(65)52-30-20-33(62)46(71)56-48(73)40-42(67)34(63)23-58(40)50(75)38(32(61)21-35(51)64)54-47(72)39(43(68)41(66)27-14-16-29(17-15-27)79-80(76,77)78)55-45(70)31-19-28(60)22-57(31)49(74)37(26(4)59)53-44(30)69/h14-17,24-26,28,30-34,37-43,46,59-63,66-68,71H,5-13,18-23H2,1-4H3,(H2,51,64)(H,52,65)(H,53,69)(H,54,72)(H,55,70)(H,56,73)(H2,76,77,78). The summed E-state index contributed by atoms with van der Waals surface area (Å²) in [5.74, 6) is -9.72. The number of phosphoric ester groups is 1. The zero-order chi connectivity index (χ0) is 59.9. The van der Waals surface area contributed by atoms with Crippen molar-refractivity contribution in [3.8, 4) is 5.75 Å². The highest BCUT2D eigenvalue weighted by Gasteiger charge is 2.51. The second-order valence-corrected chi connectivity index (χ2v) is 22.5. The molecule has 3 aliphatic rings. The minimum Gasteiger partial charge on any atom is -0.404 e. The number of aliphatic hydroxyl groups excluding tert-OH is 9. The van der Waals surface area contributed by atoms with Crippen molar-refractivity contribution in [2.45, 2.75) is 202 Å². The van der Waals surface area contributed by atoms with Crippen LogP contribution in [0.2, 0.25) is 0 Å². The first-order valence-corrected chi connectivity index (χ1v) is 28.3. The lowest BCUT2D eigenvalue weighted by Crippen LogP contribution is -2.64. The van der Waals surface area contributed by atoms with Gasteiger partial charge in [-0.2, -0.15) is 0 Å². The molecule has 3 saturated heterocycles. The molecule has 1 aromatic rings. The Morgan fingerprint density at radius 2 is 1.31 bits per heavy atom. The monoisotopic (exact) mass is 1160 g/mol. The van der Waals surface area contributed by atoms with E-state index in [-0.39, 0.29) is 12.0 Å². The van der Waals surface area contributed by atoms with Gasteiger partial charge in [0.05, 0.1) is 37.4 Å². The molecular formula is C50H81N8O21P. The van der Waals surface area contributed by atoms with E-state index in [0.717, 1.165) is 76.1 Å². The molecule has 8 amide bonds. The van der Waals surface area contributed by atoms with Crippen LogP contribution < -0.4 is 36.8 Å². The highest BCUT2D eigenvalue weighted by atomic mass is 31.2. The lowest BCUT2D eigenvalue weighted by molar-refractivity contribution is -0.149. The number of primary amides is 1.